The van der Waals surface area contributed by atoms with Crippen LogP contribution in [0, 0.1) is 5.92 Å². The van der Waals surface area contributed by atoms with Gasteiger partial charge >= 0.3 is 0 Å². The lowest BCUT2D eigenvalue weighted by atomic mass is 9.97. The predicted octanol–water partition coefficient (Wildman–Crippen LogP) is 4.88. The van der Waals surface area contributed by atoms with Gasteiger partial charge in [0.1, 0.15) is 0 Å². The molecule has 0 bridgehead atoms. The minimum atomic E-state index is 0.0450. The van der Waals surface area contributed by atoms with Gasteiger partial charge in [0.05, 0.1) is 6.42 Å². The van der Waals surface area contributed by atoms with Gasteiger partial charge in [0.25, 0.3) is 0 Å². The number of benzene rings is 1. The van der Waals surface area contributed by atoms with Crippen molar-refractivity contribution in [3.05, 3.63) is 60.2 Å². The van der Waals surface area contributed by atoms with Gasteiger partial charge in [-0.3, -0.25) is 9.78 Å². The van der Waals surface area contributed by atoms with E-state index in [4.69, 9.17) is 4.52 Å². The Morgan fingerprint density at radius 1 is 1.11 bits per heavy atom. The van der Waals surface area contributed by atoms with Gasteiger partial charge in [-0.25, -0.2) is 0 Å². The van der Waals surface area contributed by atoms with Gasteiger partial charge in [-0.1, -0.05) is 50.0 Å². The monoisotopic (exact) mass is 378 g/mol. The van der Waals surface area contributed by atoms with Crippen LogP contribution in [0.5, 0.6) is 0 Å². The van der Waals surface area contributed by atoms with Crippen LogP contribution in [0.2, 0.25) is 0 Å². The molecule has 0 unspecified atom stereocenters. The summed E-state index contributed by atoms with van der Waals surface area (Å²) in [5.74, 6) is 1.14. The molecule has 1 N–H and O–H groups in total. The molecule has 0 aliphatic carbocycles. The summed E-state index contributed by atoms with van der Waals surface area (Å²) in [6.07, 6.45) is 7.66. The number of nitrogens with zero attached hydrogens (tertiary/aromatic N) is 3. The SMILES string of the molecule is CCCC(CCC)C(=O)Nc1ccccc1Cc1nc(-c2cccnc2)no1. The summed E-state index contributed by atoms with van der Waals surface area (Å²) in [5.41, 5.74) is 2.55. The lowest BCUT2D eigenvalue weighted by Crippen LogP contribution is -2.23. The number of hydrogen-bond donors (Lipinski definition) is 1. The van der Waals surface area contributed by atoms with Gasteiger partial charge in [-0.05, 0) is 36.6 Å². The van der Waals surface area contributed by atoms with E-state index >= 15 is 0 Å². The maximum Gasteiger partial charge on any atom is 0.231 e. The molecule has 28 heavy (non-hydrogen) atoms. The Kier molecular flexibility index (Phi) is 6.89. The second kappa shape index (κ2) is 9.78. The fraction of sp³-hybridized carbons (Fsp3) is 0.364. The van der Waals surface area contributed by atoms with Crippen LogP contribution >= 0.6 is 0 Å². The summed E-state index contributed by atoms with van der Waals surface area (Å²) in [5, 5.41) is 7.14. The number of anilines is 1. The van der Waals surface area contributed by atoms with E-state index in [1.165, 1.54) is 0 Å². The van der Waals surface area contributed by atoms with E-state index in [2.05, 4.69) is 34.3 Å². The average Bonchev–Trinajstić information content (AvgIpc) is 3.18. The zero-order valence-electron chi connectivity index (χ0n) is 16.4. The van der Waals surface area contributed by atoms with Crippen molar-refractivity contribution in [2.24, 2.45) is 5.92 Å². The van der Waals surface area contributed by atoms with Gasteiger partial charge in [0, 0.05) is 29.6 Å². The Morgan fingerprint density at radius 2 is 1.89 bits per heavy atom. The third-order valence-electron chi connectivity index (χ3n) is 4.65. The highest BCUT2D eigenvalue weighted by molar-refractivity contribution is 5.93. The van der Waals surface area contributed by atoms with Gasteiger partial charge in [0.2, 0.25) is 17.6 Å². The molecule has 0 saturated carbocycles. The van der Waals surface area contributed by atoms with E-state index in [1.807, 2.05) is 36.4 Å². The van der Waals surface area contributed by atoms with Crippen molar-refractivity contribution in [1.29, 1.82) is 0 Å². The maximum absolute atomic E-state index is 12.7. The van der Waals surface area contributed by atoms with E-state index in [0.717, 1.165) is 42.5 Å². The molecule has 3 aromatic rings. The normalized spacial score (nSPS) is 11.0. The van der Waals surface area contributed by atoms with E-state index in [1.54, 1.807) is 12.4 Å². The minimum absolute atomic E-state index is 0.0450. The molecule has 1 amide bonds. The van der Waals surface area contributed by atoms with Crippen molar-refractivity contribution < 1.29 is 9.32 Å². The smallest absolute Gasteiger partial charge is 0.231 e. The second-order valence-electron chi connectivity index (χ2n) is 6.85. The molecule has 2 aromatic heterocycles. The van der Waals surface area contributed by atoms with Crippen molar-refractivity contribution in [1.82, 2.24) is 15.1 Å². The first-order valence-electron chi connectivity index (χ1n) is 9.83. The van der Waals surface area contributed by atoms with Crippen LogP contribution in [0.4, 0.5) is 5.69 Å². The molecule has 0 saturated heterocycles. The summed E-state index contributed by atoms with van der Waals surface area (Å²) in [6.45, 7) is 4.22. The number of amides is 1. The van der Waals surface area contributed by atoms with Crippen LogP contribution in [-0.2, 0) is 11.2 Å². The molecule has 146 valence electrons. The lowest BCUT2D eigenvalue weighted by molar-refractivity contribution is -0.120. The number of rotatable bonds is 9. The van der Waals surface area contributed by atoms with Crippen LogP contribution in [0.1, 0.15) is 51.0 Å². The van der Waals surface area contributed by atoms with Crippen LogP contribution < -0.4 is 5.32 Å². The summed E-state index contributed by atoms with van der Waals surface area (Å²) >= 11 is 0. The van der Waals surface area contributed by atoms with Crippen LogP contribution in [0.15, 0.2) is 53.3 Å². The summed E-state index contributed by atoms with van der Waals surface area (Å²) in [6, 6.07) is 11.5. The summed E-state index contributed by atoms with van der Waals surface area (Å²) in [7, 11) is 0. The topological polar surface area (TPSA) is 80.9 Å². The molecule has 6 nitrogen and oxygen atoms in total. The highest BCUT2D eigenvalue weighted by atomic mass is 16.5. The van der Waals surface area contributed by atoms with Crippen molar-refractivity contribution in [2.45, 2.75) is 46.0 Å². The Hall–Kier alpha value is -3.02. The van der Waals surface area contributed by atoms with Gasteiger partial charge < -0.3 is 9.84 Å². The maximum atomic E-state index is 12.7. The van der Waals surface area contributed by atoms with Crippen LogP contribution in [0.25, 0.3) is 11.4 Å². The molecule has 0 aliphatic rings. The molecule has 0 atom stereocenters. The average molecular weight is 378 g/mol. The molecule has 2 heterocycles. The predicted molar refractivity (Wildman–Crippen MR) is 109 cm³/mol. The molecule has 0 spiro atoms. The summed E-state index contributed by atoms with van der Waals surface area (Å²) in [4.78, 5) is 21.3. The van der Waals surface area contributed by atoms with E-state index in [0.29, 0.717) is 18.1 Å². The fourth-order valence-electron chi connectivity index (χ4n) is 3.24. The molecule has 1 aromatic carbocycles. The zero-order valence-corrected chi connectivity index (χ0v) is 16.4. The van der Waals surface area contributed by atoms with Crippen LogP contribution in [0.3, 0.4) is 0 Å². The molecule has 0 radical (unpaired) electrons. The Balaban J connectivity index is 1.74. The van der Waals surface area contributed by atoms with Crippen molar-refractivity contribution in [3.63, 3.8) is 0 Å². The quantitative estimate of drug-likeness (QED) is 0.574. The molecule has 0 aliphatic heterocycles. The third kappa shape index (κ3) is 5.03. The third-order valence-corrected chi connectivity index (χ3v) is 4.65. The van der Waals surface area contributed by atoms with Crippen molar-refractivity contribution >= 4 is 11.6 Å². The lowest BCUT2D eigenvalue weighted by Gasteiger charge is -2.17. The standard InChI is InChI=1S/C22H26N4O2/c1-3-8-16(9-4-2)22(27)24-19-12-6-5-10-17(19)14-20-25-21(26-28-20)18-11-7-13-23-15-18/h5-7,10-13,15-16H,3-4,8-9,14H2,1-2H3,(H,24,27). The first-order chi connectivity index (χ1) is 13.7. The number of nitrogens with one attached hydrogen (secondary N) is 1. The second-order valence-corrected chi connectivity index (χ2v) is 6.85. The number of aromatic nitrogens is 3. The zero-order chi connectivity index (χ0) is 19.8. The number of hydrogen-bond acceptors (Lipinski definition) is 5. The van der Waals surface area contributed by atoms with Gasteiger partial charge in [-0.2, -0.15) is 4.98 Å². The molecule has 3 rings (SSSR count). The molecular weight excluding hydrogens is 352 g/mol. The van der Waals surface area contributed by atoms with E-state index in [9.17, 15) is 4.79 Å². The fourth-order valence-corrected chi connectivity index (χ4v) is 3.24. The van der Waals surface area contributed by atoms with Gasteiger partial charge in [-0.15, -0.1) is 0 Å². The van der Waals surface area contributed by atoms with E-state index < -0.39 is 0 Å². The first kappa shape index (κ1) is 19.7. The van der Waals surface area contributed by atoms with E-state index in [-0.39, 0.29) is 11.8 Å². The summed E-state index contributed by atoms with van der Waals surface area (Å²) < 4.78 is 5.41. The van der Waals surface area contributed by atoms with Crippen molar-refractivity contribution in [2.75, 3.05) is 5.32 Å². The molecule has 6 heteroatoms. The number of carbonyl (C=O) groups excluding carboxylic acids is 1. The Bertz CT molecular complexity index is 886. The Labute approximate surface area is 165 Å². The minimum Gasteiger partial charge on any atom is -0.339 e. The number of para-hydroxylation sites is 1. The number of pyridine rings is 1. The molecular formula is C22H26N4O2. The first-order valence-corrected chi connectivity index (χ1v) is 9.83. The Morgan fingerprint density at radius 3 is 2.61 bits per heavy atom. The molecule has 0 fully saturated rings. The van der Waals surface area contributed by atoms with Crippen LogP contribution in [-0.4, -0.2) is 21.0 Å². The highest BCUT2D eigenvalue weighted by Gasteiger charge is 2.18. The largest absolute Gasteiger partial charge is 0.339 e. The van der Waals surface area contributed by atoms with Gasteiger partial charge in [0.15, 0.2) is 0 Å². The highest BCUT2D eigenvalue weighted by Crippen LogP contribution is 2.23. The number of carbonyl (C=O) groups is 1. The van der Waals surface area contributed by atoms with Crippen molar-refractivity contribution in [3.8, 4) is 11.4 Å².